The molecular weight excluding hydrogens is 422 g/mol. The molecule has 3 saturated carbocycles. The van der Waals surface area contributed by atoms with Crippen LogP contribution in [0.4, 0.5) is 8.78 Å². The summed E-state index contributed by atoms with van der Waals surface area (Å²) in [4.78, 5) is 0. The summed E-state index contributed by atoms with van der Waals surface area (Å²) in [5.74, 6) is 3.86. The summed E-state index contributed by atoms with van der Waals surface area (Å²) in [5.41, 5.74) is 3.13. The molecule has 3 aliphatic carbocycles. The molecule has 0 heterocycles. The minimum Gasteiger partial charge on any atom is -0.207 e. The van der Waals surface area contributed by atoms with E-state index in [1.807, 2.05) is 18.2 Å². The Morgan fingerprint density at radius 3 is 1.71 bits per heavy atom. The molecule has 0 aromatic heterocycles. The highest BCUT2D eigenvalue weighted by Gasteiger charge is 2.30. The summed E-state index contributed by atoms with van der Waals surface area (Å²) in [6.45, 7) is 4.68. The topological polar surface area (TPSA) is 0 Å². The predicted octanol–water partition coefficient (Wildman–Crippen LogP) is 10.0. The van der Waals surface area contributed by atoms with E-state index < -0.39 is 0 Å². The Hall–Kier alpha value is -1.70. The van der Waals surface area contributed by atoms with Gasteiger partial charge in [0.25, 0.3) is 0 Å². The fourth-order valence-electron chi connectivity index (χ4n) is 7.30. The summed E-state index contributed by atoms with van der Waals surface area (Å²) in [6.07, 6.45) is 15.0. The van der Waals surface area contributed by atoms with Crippen LogP contribution < -0.4 is 0 Å². The van der Waals surface area contributed by atoms with Gasteiger partial charge in [0.2, 0.25) is 0 Å². The molecule has 2 aromatic rings. The fourth-order valence-corrected chi connectivity index (χ4v) is 7.30. The SMILES string of the molecule is CC1CCC(c2ccc(-c3ccc(C4CCC(C5CCC(C)CC5)CC4)cc3F)cc2F)CC1. The average Bonchev–Trinajstić information content (AvgIpc) is 2.85. The predicted molar refractivity (Wildman–Crippen MR) is 138 cm³/mol. The van der Waals surface area contributed by atoms with Crippen LogP contribution in [0.25, 0.3) is 11.1 Å². The van der Waals surface area contributed by atoms with Gasteiger partial charge in [-0.1, -0.05) is 63.8 Å². The smallest absolute Gasteiger partial charge is 0.131 e. The van der Waals surface area contributed by atoms with Crippen LogP contribution in [0.1, 0.15) is 114 Å². The van der Waals surface area contributed by atoms with E-state index in [9.17, 15) is 0 Å². The van der Waals surface area contributed by atoms with E-state index in [-0.39, 0.29) is 11.6 Å². The summed E-state index contributed by atoms with van der Waals surface area (Å²) in [6, 6.07) is 11.1. The quantitative estimate of drug-likeness (QED) is 0.422. The molecule has 0 aliphatic heterocycles. The molecule has 0 amide bonds. The third-order valence-electron chi connectivity index (χ3n) is 9.73. The van der Waals surface area contributed by atoms with Gasteiger partial charge in [-0.15, -0.1) is 0 Å². The monoisotopic (exact) mass is 464 g/mol. The molecule has 34 heavy (non-hydrogen) atoms. The summed E-state index contributed by atoms with van der Waals surface area (Å²) in [7, 11) is 0. The van der Waals surface area contributed by atoms with Crippen LogP contribution in [0, 0.1) is 35.3 Å². The van der Waals surface area contributed by atoms with Crippen molar-refractivity contribution < 1.29 is 8.78 Å². The maximum Gasteiger partial charge on any atom is 0.131 e. The Bertz CT molecular complexity index is 955. The molecule has 0 atom stereocenters. The maximum atomic E-state index is 15.2. The minimum atomic E-state index is -0.209. The number of halogens is 2. The van der Waals surface area contributed by atoms with E-state index in [1.165, 1.54) is 64.2 Å². The first-order valence-corrected chi connectivity index (χ1v) is 14.1. The number of benzene rings is 2. The Morgan fingerprint density at radius 1 is 0.559 bits per heavy atom. The van der Waals surface area contributed by atoms with Crippen molar-refractivity contribution in [2.45, 2.75) is 103 Å². The van der Waals surface area contributed by atoms with Crippen molar-refractivity contribution in [2.75, 3.05) is 0 Å². The maximum absolute atomic E-state index is 15.2. The van der Waals surface area contributed by atoms with E-state index in [0.717, 1.165) is 47.6 Å². The molecule has 3 aliphatic rings. The minimum absolute atomic E-state index is 0.170. The van der Waals surface area contributed by atoms with Gasteiger partial charge in [-0.2, -0.15) is 0 Å². The lowest BCUT2D eigenvalue weighted by atomic mass is 9.68. The second-order valence-electron chi connectivity index (χ2n) is 12.1. The van der Waals surface area contributed by atoms with Crippen molar-refractivity contribution in [2.24, 2.45) is 23.7 Å². The second-order valence-corrected chi connectivity index (χ2v) is 12.1. The highest BCUT2D eigenvalue weighted by Crippen LogP contribution is 2.44. The molecule has 0 unspecified atom stereocenters. The molecule has 5 rings (SSSR count). The molecule has 0 radical (unpaired) electrons. The average molecular weight is 465 g/mol. The van der Waals surface area contributed by atoms with Crippen LogP contribution in [0.5, 0.6) is 0 Å². The Balaban J connectivity index is 1.23. The van der Waals surface area contributed by atoms with Crippen LogP contribution in [-0.2, 0) is 0 Å². The third kappa shape index (κ3) is 5.26. The van der Waals surface area contributed by atoms with Crippen molar-refractivity contribution in [3.05, 3.63) is 59.2 Å². The van der Waals surface area contributed by atoms with Gasteiger partial charge in [0.1, 0.15) is 11.6 Å². The lowest BCUT2D eigenvalue weighted by Crippen LogP contribution is -2.24. The number of rotatable bonds is 4. The van der Waals surface area contributed by atoms with Gasteiger partial charge in [0, 0.05) is 5.56 Å². The van der Waals surface area contributed by atoms with Crippen LogP contribution in [0.15, 0.2) is 36.4 Å². The van der Waals surface area contributed by atoms with Gasteiger partial charge >= 0.3 is 0 Å². The van der Waals surface area contributed by atoms with Crippen LogP contribution in [-0.4, -0.2) is 0 Å². The molecule has 0 bridgehead atoms. The van der Waals surface area contributed by atoms with E-state index in [0.29, 0.717) is 23.0 Å². The lowest BCUT2D eigenvalue weighted by Gasteiger charge is -2.37. The molecule has 0 nitrogen and oxygen atoms in total. The molecule has 2 heteroatoms. The first kappa shape index (κ1) is 24.0. The molecular formula is C32H42F2. The van der Waals surface area contributed by atoms with Gasteiger partial charge in [-0.3, -0.25) is 0 Å². The number of hydrogen-bond acceptors (Lipinski definition) is 0. The van der Waals surface area contributed by atoms with E-state index in [4.69, 9.17) is 0 Å². The fraction of sp³-hybridized carbons (Fsp3) is 0.625. The second kappa shape index (κ2) is 10.5. The van der Waals surface area contributed by atoms with Crippen molar-refractivity contribution >= 4 is 0 Å². The zero-order chi connectivity index (χ0) is 23.7. The van der Waals surface area contributed by atoms with Crippen LogP contribution >= 0.6 is 0 Å². The van der Waals surface area contributed by atoms with E-state index in [1.54, 1.807) is 12.1 Å². The standard InChI is InChI=1S/C32H42F2/c1-21-3-7-23(8-4-21)24-11-13-25(14-12-24)27-15-17-30(31(33)19-27)28-16-18-29(32(34)20-28)26-9-5-22(2)6-10-26/h15-26H,3-14H2,1-2H3. The first-order valence-electron chi connectivity index (χ1n) is 14.1. The highest BCUT2D eigenvalue weighted by atomic mass is 19.1. The first-order chi connectivity index (χ1) is 16.5. The van der Waals surface area contributed by atoms with Gasteiger partial charge < -0.3 is 0 Å². The zero-order valence-corrected chi connectivity index (χ0v) is 21.2. The summed E-state index contributed by atoms with van der Waals surface area (Å²) >= 11 is 0. The van der Waals surface area contributed by atoms with Crippen molar-refractivity contribution in [3.63, 3.8) is 0 Å². The Labute approximate surface area is 205 Å². The van der Waals surface area contributed by atoms with Gasteiger partial charge in [0.05, 0.1) is 0 Å². The zero-order valence-electron chi connectivity index (χ0n) is 21.2. The van der Waals surface area contributed by atoms with Crippen molar-refractivity contribution in [1.82, 2.24) is 0 Å². The Morgan fingerprint density at radius 2 is 1.12 bits per heavy atom. The Kier molecular flexibility index (Phi) is 7.42. The molecule has 184 valence electrons. The van der Waals surface area contributed by atoms with Crippen LogP contribution in [0.2, 0.25) is 0 Å². The van der Waals surface area contributed by atoms with E-state index in [2.05, 4.69) is 19.9 Å². The largest absolute Gasteiger partial charge is 0.207 e. The van der Waals surface area contributed by atoms with Crippen molar-refractivity contribution in [1.29, 1.82) is 0 Å². The van der Waals surface area contributed by atoms with Crippen molar-refractivity contribution in [3.8, 4) is 11.1 Å². The normalized spacial score (nSPS) is 32.5. The molecule has 0 spiro atoms. The highest BCUT2D eigenvalue weighted by molar-refractivity contribution is 5.65. The summed E-state index contributed by atoms with van der Waals surface area (Å²) < 4.78 is 30.2. The molecule has 2 aromatic carbocycles. The van der Waals surface area contributed by atoms with Gasteiger partial charge in [0.15, 0.2) is 0 Å². The molecule has 0 saturated heterocycles. The third-order valence-corrected chi connectivity index (χ3v) is 9.73. The van der Waals surface area contributed by atoms with Crippen LogP contribution in [0.3, 0.4) is 0 Å². The molecule has 3 fully saturated rings. The van der Waals surface area contributed by atoms with E-state index >= 15 is 8.78 Å². The molecule has 0 N–H and O–H groups in total. The lowest BCUT2D eigenvalue weighted by molar-refractivity contribution is 0.165. The summed E-state index contributed by atoms with van der Waals surface area (Å²) in [5, 5.41) is 0. The number of hydrogen-bond donors (Lipinski definition) is 0. The van der Waals surface area contributed by atoms with Gasteiger partial charge in [-0.25, -0.2) is 8.78 Å². The van der Waals surface area contributed by atoms with Gasteiger partial charge in [-0.05, 0) is 116 Å².